The van der Waals surface area contributed by atoms with E-state index in [1.165, 1.54) is 5.56 Å². The van der Waals surface area contributed by atoms with Crippen LogP contribution >= 0.6 is 11.6 Å². The van der Waals surface area contributed by atoms with Crippen LogP contribution in [0.4, 0.5) is 5.82 Å². The zero-order valence-corrected chi connectivity index (χ0v) is 12.2. The van der Waals surface area contributed by atoms with Crippen molar-refractivity contribution in [3.05, 3.63) is 89.8 Å². The Kier molecular flexibility index (Phi) is 4.12. The van der Waals surface area contributed by atoms with Crippen LogP contribution in [-0.4, -0.2) is 4.98 Å². The minimum atomic E-state index is 0.636. The van der Waals surface area contributed by atoms with Gasteiger partial charge in [-0.15, -0.1) is 5.01 Å². The molecule has 0 aliphatic rings. The zero-order valence-electron chi connectivity index (χ0n) is 11.4. The van der Waals surface area contributed by atoms with Crippen LogP contribution in [0.15, 0.2) is 79.3 Å². The van der Waals surface area contributed by atoms with Crippen LogP contribution in [0.25, 0.3) is 0 Å². The van der Waals surface area contributed by atoms with Gasteiger partial charge in [-0.2, -0.15) is 0 Å². The zero-order chi connectivity index (χ0) is 14.5. The highest BCUT2D eigenvalue weighted by molar-refractivity contribution is 6.30. The molecule has 4 heteroatoms. The Bertz CT molecular complexity index is 684. The van der Waals surface area contributed by atoms with Gasteiger partial charge >= 0.3 is 0 Å². The Labute approximate surface area is 129 Å². The van der Waals surface area contributed by atoms with Gasteiger partial charge in [0.05, 0.1) is 5.02 Å². The number of anilines is 1. The fourth-order valence-electron chi connectivity index (χ4n) is 2.11. The third-order valence-corrected chi connectivity index (χ3v) is 3.35. The lowest BCUT2D eigenvalue weighted by molar-refractivity contribution is -0.686. The van der Waals surface area contributed by atoms with Crippen LogP contribution in [0, 0.1) is 0 Å². The second kappa shape index (κ2) is 6.37. The molecule has 0 bridgehead atoms. The SMILES string of the molecule is Clc1ccc(N(Cc2ccccc2)[n+]2ccccc2)nc1. The van der Waals surface area contributed by atoms with Crippen LogP contribution in [0.3, 0.4) is 0 Å². The van der Waals surface area contributed by atoms with Gasteiger partial charge in [0.15, 0.2) is 18.2 Å². The number of halogens is 1. The smallest absolute Gasteiger partial charge is 0.200 e. The van der Waals surface area contributed by atoms with Crippen molar-refractivity contribution in [3.63, 3.8) is 0 Å². The van der Waals surface area contributed by atoms with Crippen molar-refractivity contribution in [1.29, 1.82) is 0 Å². The van der Waals surface area contributed by atoms with Crippen LogP contribution in [0.2, 0.25) is 5.02 Å². The summed E-state index contributed by atoms with van der Waals surface area (Å²) in [5.74, 6) is 0.847. The molecule has 1 aromatic carbocycles. The average Bonchev–Trinajstić information content (AvgIpc) is 2.55. The molecule has 104 valence electrons. The lowest BCUT2D eigenvalue weighted by Crippen LogP contribution is -2.53. The van der Waals surface area contributed by atoms with Crippen LogP contribution in [0.5, 0.6) is 0 Å². The second-order valence-electron chi connectivity index (χ2n) is 4.63. The largest absolute Gasteiger partial charge is 0.233 e. The molecule has 0 saturated heterocycles. The molecule has 0 radical (unpaired) electrons. The highest BCUT2D eigenvalue weighted by Crippen LogP contribution is 2.15. The van der Waals surface area contributed by atoms with E-state index < -0.39 is 0 Å². The number of hydrogen-bond acceptors (Lipinski definition) is 2. The molecule has 0 unspecified atom stereocenters. The second-order valence-corrected chi connectivity index (χ2v) is 5.07. The number of nitrogens with zero attached hydrogens (tertiary/aromatic N) is 3. The summed E-state index contributed by atoms with van der Waals surface area (Å²) in [5.41, 5.74) is 1.21. The van der Waals surface area contributed by atoms with E-state index in [4.69, 9.17) is 11.6 Å². The minimum absolute atomic E-state index is 0.636. The van der Waals surface area contributed by atoms with E-state index in [1.54, 1.807) is 6.20 Å². The maximum absolute atomic E-state index is 5.93. The topological polar surface area (TPSA) is 20.0 Å². The van der Waals surface area contributed by atoms with Gasteiger partial charge in [-0.25, -0.2) is 4.98 Å². The molecule has 21 heavy (non-hydrogen) atoms. The predicted octanol–water partition coefficient (Wildman–Crippen LogP) is 3.49. The van der Waals surface area contributed by atoms with Gasteiger partial charge in [-0.1, -0.05) is 52.7 Å². The summed E-state index contributed by atoms with van der Waals surface area (Å²) >= 11 is 5.93. The van der Waals surface area contributed by atoms with Crippen molar-refractivity contribution >= 4 is 17.4 Å². The summed E-state index contributed by atoms with van der Waals surface area (Å²) in [7, 11) is 0. The Morgan fingerprint density at radius 1 is 0.905 bits per heavy atom. The fraction of sp³-hybridized carbons (Fsp3) is 0.0588. The summed E-state index contributed by atoms with van der Waals surface area (Å²) in [6.07, 6.45) is 5.66. The quantitative estimate of drug-likeness (QED) is 0.687. The fourth-order valence-corrected chi connectivity index (χ4v) is 2.22. The molecule has 0 saturated carbocycles. The molecular formula is C17H15ClN3+. The van der Waals surface area contributed by atoms with Crippen molar-refractivity contribution in [2.75, 3.05) is 5.01 Å². The summed E-state index contributed by atoms with van der Waals surface area (Å²) < 4.78 is 2.02. The molecule has 3 aromatic rings. The van der Waals surface area contributed by atoms with Gasteiger partial charge < -0.3 is 0 Å². The van der Waals surface area contributed by atoms with Gasteiger partial charge in [-0.05, 0) is 17.7 Å². The Morgan fingerprint density at radius 2 is 1.62 bits per heavy atom. The van der Waals surface area contributed by atoms with E-state index in [-0.39, 0.29) is 0 Å². The molecule has 2 heterocycles. The van der Waals surface area contributed by atoms with Crippen LogP contribution in [0.1, 0.15) is 5.56 Å². The average molecular weight is 297 g/mol. The molecule has 0 spiro atoms. The molecule has 0 amide bonds. The molecule has 0 aliphatic carbocycles. The lowest BCUT2D eigenvalue weighted by atomic mass is 10.2. The molecule has 0 fully saturated rings. The number of hydrogen-bond donors (Lipinski definition) is 0. The van der Waals surface area contributed by atoms with Gasteiger partial charge in [0.2, 0.25) is 0 Å². The molecule has 0 aliphatic heterocycles. The summed E-state index contributed by atoms with van der Waals surface area (Å²) in [6.45, 7) is 0.726. The van der Waals surface area contributed by atoms with E-state index in [0.29, 0.717) is 5.02 Å². The van der Waals surface area contributed by atoms with Gasteiger partial charge in [0.1, 0.15) is 6.54 Å². The van der Waals surface area contributed by atoms with Gasteiger partial charge in [0.25, 0.3) is 0 Å². The molecular weight excluding hydrogens is 282 g/mol. The van der Waals surface area contributed by atoms with Crippen LogP contribution in [-0.2, 0) is 6.54 Å². The normalized spacial score (nSPS) is 10.3. The summed E-state index contributed by atoms with van der Waals surface area (Å²) in [5, 5.41) is 2.72. The Morgan fingerprint density at radius 3 is 2.29 bits per heavy atom. The first kappa shape index (κ1) is 13.6. The van der Waals surface area contributed by atoms with E-state index >= 15 is 0 Å². The van der Waals surface area contributed by atoms with Crippen LogP contribution < -0.4 is 9.69 Å². The first-order valence-electron chi connectivity index (χ1n) is 6.72. The van der Waals surface area contributed by atoms with Crippen molar-refractivity contribution in [1.82, 2.24) is 4.98 Å². The third-order valence-electron chi connectivity index (χ3n) is 3.13. The minimum Gasteiger partial charge on any atom is -0.233 e. The molecule has 0 atom stereocenters. The Balaban J connectivity index is 1.97. The standard InChI is InChI=1S/C17H15ClN3/c18-16-9-10-17(19-13-16)21(20-11-5-2-6-12-20)14-15-7-3-1-4-8-15/h1-13H,14H2/q+1. The van der Waals surface area contributed by atoms with Crippen molar-refractivity contribution < 1.29 is 4.68 Å². The number of aromatic nitrogens is 2. The molecule has 0 N–H and O–H groups in total. The molecule has 2 aromatic heterocycles. The maximum atomic E-state index is 5.93. The highest BCUT2D eigenvalue weighted by atomic mass is 35.5. The number of benzene rings is 1. The number of rotatable bonds is 4. The van der Waals surface area contributed by atoms with Gasteiger partial charge in [0, 0.05) is 18.3 Å². The number of pyridine rings is 2. The summed E-state index contributed by atoms with van der Waals surface area (Å²) in [6, 6.07) is 20.1. The van der Waals surface area contributed by atoms with Crippen molar-refractivity contribution in [2.24, 2.45) is 0 Å². The van der Waals surface area contributed by atoms with E-state index in [1.807, 2.05) is 65.6 Å². The third kappa shape index (κ3) is 3.38. The highest BCUT2D eigenvalue weighted by Gasteiger charge is 2.17. The van der Waals surface area contributed by atoms with E-state index in [0.717, 1.165) is 12.4 Å². The lowest BCUT2D eigenvalue weighted by Gasteiger charge is -2.16. The van der Waals surface area contributed by atoms with E-state index in [9.17, 15) is 0 Å². The first-order valence-corrected chi connectivity index (χ1v) is 7.10. The van der Waals surface area contributed by atoms with Gasteiger partial charge in [-0.3, -0.25) is 0 Å². The molecule has 3 nitrogen and oxygen atoms in total. The van der Waals surface area contributed by atoms with Crippen molar-refractivity contribution in [2.45, 2.75) is 6.54 Å². The maximum Gasteiger partial charge on any atom is 0.200 e. The monoisotopic (exact) mass is 296 g/mol. The molecule has 3 rings (SSSR count). The predicted molar refractivity (Wildman–Crippen MR) is 83.9 cm³/mol. The Hall–Kier alpha value is -2.39. The van der Waals surface area contributed by atoms with E-state index in [2.05, 4.69) is 22.1 Å². The first-order chi connectivity index (χ1) is 10.3. The van der Waals surface area contributed by atoms with Crippen molar-refractivity contribution in [3.8, 4) is 0 Å². The summed E-state index contributed by atoms with van der Waals surface area (Å²) in [4.78, 5) is 4.42.